The Morgan fingerprint density at radius 2 is 1.57 bits per heavy atom. The van der Waals surface area contributed by atoms with E-state index in [2.05, 4.69) is 50.9 Å². The molecular formula is C22H30N6O2. The van der Waals surface area contributed by atoms with Crippen molar-refractivity contribution in [1.29, 1.82) is 0 Å². The van der Waals surface area contributed by atoms with Crippen LogP contribution >= 0.6 is 0 Å². The van der Waals surface area contributed by atoms with Crippen LogP contribution in [0.4, 0.5) is 17.3 Å². The zero-order chi connectivity index (χ0) is 21.1. The molecule has 0 aromatic carbocycles. The monoisotopic (exact) mass is 410 g/mol. The van der Waals surface area contributed by atoms with Gasteiger partial charge in [0.25, 0.3) is 5.91 Å². The van der Waals surface area contributed by atoms with E-state index in [9.17, 15) is 4.79 Å². The highest BCUT2D eigenvalue weighted by Crippen LogP contribution is 2.20. The summed E-state index contributed by atoms with van der Waals surface area (Å²) in [5.41, 5.74) is 1.20. The third-order valence-electron chi connectivity index (χ3n) is 5.59. The van der Waals surface area contributed by atoms with Crippen molar-refractivity contribution in [1.82, 2.24) is 14.9 Å². The minimum absolute atomic E-state index is 0.167. The highest BCUT2D eigenvalue weighted by molar-refractivity contribution is 6.04. The fourth-order valence-electron chi connectivity index (χ4n) is 3.96. The van der Waals surface area contributed by atoms with Crippen molar-refractivity contribution in [3.63, 3.8) is 0 Å². The van der Waals surface area contributed by atoms with E-state index in [1.807, 2.05) is 24.3 Å². The van der Waals surface area contributed by atoms with E-state index in [0.717, 1.165) is 50.9 Å². The first-order valence-electron chi connectivity index (χ1n) is 10.6. The van der Waals surface area contributed by atoms with Gasteiger partial charge in [-0.1, -0.05) is 0 Å². The number of amides is 1. The number of nitrogens with one attached hydrogen (secondary N) is 1. The van der Waals surface area contributed by atoms with Crippen LogP contribution in [0.1, 0.15) is 24.2 Å². The number of aromatic nitrogens is 2. The fraction of sp³-hybridized carbons (Fsp3) is 0.500. The maximum atomic E-state index is 12.6. The predicted molar refractivity (Wildman–Crippen MR) is 118 cm³/mol. The Balaban J connectivity index is 1.35. The van der Waals surface area contributed by atoms with Crippen LogP contribution < -0.4 is 15.1 Å². The first-order chi connectivity index (χ1) is 14.5. The number of morpholine rings is 1. The van der Waals surface area contributed by atoms with Gasteiger partial charge in [-0.2, -0.15) is 0 Å². The summed E-state index contributed by atoms with van der Waals surface area (Å²) in [5.74, 6) is 1.62. The third kappa shape index (κ3) is 4.88. The first kappa shape index (κ1) is 20.6. The molecule has 2 aromatic heterocycles. The normalized spacial score (nSPS) is 22.8. The number of carbonyl (C=O) groups excluding carboxylic acids is 1. The third-order valence-corrected chi connectivity index (χ3v) is 5.59. The molecule has 0 bridgehead atoms. The van der Waals surface area contributed by atoms with Crippen LogP contribution in [0.15, 0.2) is 36.7 Å². The van der Waals surface area contributed by atoms with Crippen molar-refractivity contribution in [3.8, 4) is 0 Å². The predicted octanol–water partition coefficient (Wildman–Crippen LogP) is 2.09. The second-order valence-electron chi connectivity index (χ2n) is 8.22. The molecule has 160 valence electrons. The Kier molecular flexibility index (Phi) is 6.15. The molecule has 2 fully saturated rings. The Morgan fingerprint density at radius 1 is 0.933 bits per heavy atom. The summed E-state index contributed by atoms with van der Waals surface area (Å²) in [7, 11) is 2.13. The van der Waals surface area contributed by atoms with Crippen LogP contribution in [0, 0.1) is 0 Å². The summed E-state index contributed by atoms with van der Waals surface area (Å²) in [6, 6.07) is 7.57. The van der Waals surface area contributed by atoms with Gasteiger partial charge in [-0.05, 0) is 45.2 Å². The number of anilines is 3. The number of likely N-dealkylation sites (N-methyl/N-ethyl adjacent to an activating group) is 1. The van der Waals surface area contributed by atoms with Crippen molar-refractivity contribution >= 4 is 23.2 Å². The molecular weight excluding hydrogens is 380 g/mol. The maximum absolute atomic E-state index is 12.6. The summed E-state index contributed by atoms with van der Waals surface area (Å²) in [6.07, 6.45) is 3.67. The first-order valence-corrected chi connectivity index (χ1v) is 10.6. The second-order valence-corrected chi connectivity index (χ2v) is 8.22. The Bertz CT molecular complexity index is 839. The zero-order valence-electron chi connectivity index (χ0n) is 17.9. The number of pyridine rings is 2. The smallest absolute Gasteiger partial charge is 0.257 e. The topological polar surface area (TPSA) is 73.8 Å². The van der Waals surface area contributed by atoms with E-state index in [0.29, 0.717) is 11.3 Å². The van der Waals surface area contributed by atoms with Crippen molar-refractivity contribution in [3.05, 3.63) is 42.2 Å². The average molecular weight is 411 g/mol. The second kappa shape index (κ2) is 8.97. The summed E-state index contributed by atoms with van der Waals surface area (Å²) < 4.78 is 5.77. The highest BCUT2D eigenvalue weighted by Gasteiger charge is 2.23. The molecule has 1 amide bonds. The van der Waals surface area contributed by atoms with Crippen LogP contribution in [0.3, 0.4) is 0 Å². The lowest BCUT2D eigenvalue weighted by atomic mass is 10.2. The van der Waals surface area contributed by atoms with Crippen LogP contribution in [-0.4, -0.2) is 79.3 Å². The molecule has 2 saturated heterocycles. The van der Waals surface area contributed by atoms with E-state index < -0.39 is 0 Å². The van der Waals surface area contributed by atoms with Crippen molar-refractivity contribution in [2.24, 2.45) is 0 Å². The van der Waals surface area contributed by atoms with Crippen molar-refractivity contribution in [2.75, 3.05) is 61.4 Å². The van der Waals surface area contributed by atoms with E-state index in [1.165, 1.54) is 0 Å². The molecule has 8 heteroatoms. The lowest BCUT2D eigenvalue weighted by molar-refractivity contribution is -0.00546. The van der Waals surface area contributed by atoms with Gasteiger partial charge in [-0.25, -0.2) is 9.97 Å². The quantitative estimate of drug-likeness (QED) is 0.827. The van der Waals surface area contributed by atoms with Crippen LogP contribution in [0.25, 0.3) is 0 Å². The minimum atomic E-state index is -0.188. The molecule has 2 aliphatic rings. The van der Waals surface area contributed by atoms with Gasteiger partial charge in [0.05, 0.1) is 29.7 Å². The van der Waals surface area contributed by atoms with E-state index in [4.69, 9.17) is 4.74 Å². The van der Waals surface area contributed by atoms with E-state index in [1.54, 1.807) is 12.4 Å². The number of nitrogens with zero attached hydrogens (tertiary/aromatic N) is 5. The lowest BCUT2D eigenvalue weighted by Crippen LogP contribution is -2.45. The number of ether oxygens (including phenoxy) is 1. The molecule has 0 radical (unpaired) electrons. The summed E-state index contributed by atoms with van der Waals surface area (Å²) >= 11 is 0. The SMILES string of the molecule is CC1CN(c2ccc(C(=O)Nc3ccc(N4CCN(C)CC4)nc3)cn2)CC(C)O1. The Hall–Kier alpha value is -2.71. The number of hydrogen-bond acceptors (Lipinski definition) is 7. The Morgan fingerprint density at radius 3 is 2.17 bits per heavy atom. The summed E-state index contributed by atoms with van der Waals surface area (Å²) in [4.78, 5) is 28.4. The van der Waals surface area contributed by atoms with Gasteiger partial charge >= 0.3 is 0 Å². The average Bonchev–Trinajstić information content (AvgIpc) is 2.74. The van der Waals surface area contributed by atoms with Crippen molar-refractivity contribution in [2.45, 2.75) is 26.1 Å². The van der Waals surface area contributed by atoms with Crippen molar-refractivity contribution < 1.29 is 9.53 Å². The number of carbonyl (C=O) groups is 1. The number of hydrogen-bond donors (Lipinski definition) is 1. The van der Waals surface area contributed by atoms with Gasteiger partial charge in [-0.15, -0.1) is 0 Å². The van der Waals surface area contributed by atoms with Gasteiger partial charge in [-0.3, -0.25) is 4.79 Å². The standard InChI is InChI=1S/C22H30N6O2/c1-16-14-28(15-17(2)30-16)21-6-4-18(12-23-21)22(29)25-19-5-7-20(24-13-19)27-10-8-26(3)9-11-27/h4-7,12-13,16-17H,8-11,14-15H2,1-3H3,(H,25,29). The molecule has 4 rings (SSSR count). The zero-order valence-corrected chi connectivity index (χ0v) is 17.9. The molecule has 30 heavy (non-hydrogen) atoms. The Labute approximate surface area is 177 Å². The van der Waals surface area contributed by atoms with Gasteiger partial charge in [0, 0.05) is 45.5 Å². The van der Waals surface area contributed by atoms with Gasteiger partial charge in [0.2, 0.25) is 0 Å². The molecule has 2 unspecified atom stereocenters. The van der Waals surface area contributed by atoms with Gasteiger partial charge in [0.15, 0.2) is 0 Å². The molecule has 4 heterocycles. The highest BCUT2D eigenvalue weighted by atomic mass is 16.5. The minimum Gasteiger partial charge on any atom is -0.372 e. The summed E-state index contributed by atoms with van der Waals surface area (Å²) in [5, 5.41) is 2.91. The molecule has 0 saturated carbocycles. The van der Waals surface area contributed by atoms with Crippen LogP contribution in [-0.2, 0) is 4.74 Å². The molecule has 2 atom stereocenters. The molecule has 1 N–H and O–H groups in total. The molecule has 2 aliphatic heterocycles. The number of piperazine rings is 1. The molecule has 0 aliphatic carbocycles. The van der Waals surface area contributed by atoms with E-state index in [-0.39, 0.29) is 18.1 Å². The molecule has 0 spiro atoms. The largest absolute Gasteiger partial charge is 0.372 e. The number of rotatable bonds is 4. The summed E-state index contributed by atoms with van der Waals surface area (Å²) in [6.45, 7) is 9.72. The molecule has 2 aromatic rings. The maximum Gasteiger partial charge on any atom is 0.257 e. The van der Waals surface area contributed by atoms with Crippen LogP contribution in [0.2, 0.25) is 0 Å². The van der Waals surface area contributed by atoms with E-state index >= 15 is 0 Å². The van der Waals surface area contributed by atoms with Crippen LogP contribution in [0.5, 0.6) is 0 Å². The molecule has 8 nitrogen and oxygen atoms in total. The fourth-order valence-corrected chi connectivity index (χ4v) is 3.96. The lowest BCUT2D eigenvalue weighted by Gasteiger charge is -2.36. The van der Waals surface area contributed by atoms with Gasteiger partial charge < -0.3 is 24.8 Å². The van der Waals surface area contributed by atoms with Gasteiger partial charge in [0.1, 0.15) is 11.6 Å².